The molecule has 0 bridgehead atoms. The van der Waals surface area contributed by atoms with Crippen molar-refractivity contribution in [1.29, 1.82) is 0 Å². The molecule has 1 aromatic rings. The number of nitrogens with one attached hydrogen (secondary N) is 2. The van der Waals surface area contributed by atoms with E-state index in [4.69, 9.17) is 9.73 Å². The van der Waals surface area contributed by atoms with Gasteiger partial charge in [0.05, 0.1) is 6.54 Å². The first kappa shape index (κ1) is 17.6. The molecule has 5 nitrogen and oxygen atoms in total. The van der Waals surface area contributed by atoms with E-state index in [1.165, 1.54) is 19.5 Å². The molecule has 1 unspecified atom stereocenters. The Morgan fingerprint density at radius 3 is 2.78 bits per heavy atom. The SMILES string of the molecule is CCNC(=NCC1CCN(CC)C1)NCCOc1ccccc1. The summed E-state index contributed by atoms with van der Waals surface area (Å²) in [6.45, 7) is 11.0. The van der Waals surface area contributed by atoms with Crippen molar-refractivity contribution in [3.8, 4) is 5.75 Å². The summed E-state index contributed by atoms with van der Waals surface area (Å²) in [6, 6.07) is 9.90. The topological polar surface area (TPSA) is 48.9 Å². The number of guanidine groups is 1. The molecule has 0 saturated carbocycles. The van der Waals surface area contributed by atoms with Gasteiger partial charge in [-0.05, 0) is 44.5 Å². The number of likely N-dealkylation sites (tertiary alicyclic amines) is 1. The molecule has 5 heteroatoms. The second-order valence-corrected chi connectivity index (χ2v) is 5.86. The number of ether oxygens (including phenoxy) is 1. The number of rotatable bonds is 8. The van der Waals surface area contributed by atoms with Crippen LogP contribution in [0, 0.1) is 5.92 Å². The Balaban J connectivity index is 1.69. The van der Waals surface area contributed by atoms with Gasteiger partial charge in [0.2, 0.25) is 0 Å². The molecule has 1 aliphatic heterocycles. The van der Waals surface area contributed by atoms with Crippen molar-refractivity contribution < 1.29 is 4.74 Å². The third-order valence-corrected chi connectivity index (χ3v) is 4.08. The van der Waals surface area contributed by atoms with E-state index < -0.39 is 0 Å². The van der Waals surface area contributed by atoms with E-state index in [9.17, 15) is 0 Å². The Bertz CT molecular complexity index is 463. The lowest BCUT2D eigenvalue weighted by Crippen LogP contribution is -2.39. The lowest BCUT2D eigenvalue weighted by molar-refractivity contribution is 0.322. The monoisotopic (exact) mass is 318 g/mol. The Labute approximate surface area is 140 Å². The molecular formula is C18H30N4O. The molecule has 2 rings (SSSR count). The molecule has 1 aromatic carbocycles. The molecule has 128 valence electrons. The third-order valence-electron chi connectivity index (χ3n) is 4.08. The van der Waals surface area contributed by atoms with Crippen molar-refractivity contribution in [1.82, 2.24) is 15.5 Å². The van der Waals surface area contributed by atoms with Crippen molar-refractivity contribution in [2.45, 2.75) is 20.3 Å². The minimum atomic E-state index is 0.626. The Kier molecular flexibility index (Phi) is 7.73. The zero-order valence-corrected chi connectivity index (χ0v) is 14.4. The van der Waals surface area contributed by atoms with Gasteiger partial charge in [0.1, 0.15) is 12.4 Å². The number of nitrogens with zero attached hydrogens (tertiary/aromatic N) is 2. The first-order chi connectivity index (χ1) is 11.3. The van der Waals surface area contributed by atoms with Crippen molar-refractivity contribution in [3.63, 3.8) is 0 Å². The highest BCUT2D eigenvalue weighted by Gasteiger charge is 2.20. The van der Waals surface area contributed by atoms with Crippen LogP contribution in [-0.2, 0) is 0 Å². The molecule has 0 aliphatic carbocycles. The highest BCUT2D eigenvalue weighted by Crippen LogP contribution is 2.15. The van der Waals surface area contributed by atoms with Crippen LogP contribution in [0.3, 0.4) is 0 Å². The Morgan fingerprint density at radius 2 is 2.09 bits per heavy atom. The molecule has 0 aromatic heterocycles. The minimum Gasteiger partial charge on any atom is -0.492 e. The molecule has 23 heavy (non-hydrogen) atoms. The van der Waals surface area contributed by atoms with E-state index in [1.54, 1.807) is 0 Å². The number of hydrogen-bond acceptors (Lipinski definition) is 3. The molecule has 0 radical (unpaired) electrons. The van der Waals surface area contributed by atoms with E-state index in [-0.39, 0.29) is 0 Å². The fourth-order valence-electron chi connectivity index (χ4n) is 2.77. The average molecular weight is 318 g/mol. The summed E-state index contributed by atoms with van der Waals surface area (Å²) < 4.78 is 5.69. The van der Waals surface area contributed by atoms with Gasteiger partial charge in [0.15, 0.2) is 5.96 Å². The van der Waals surface area contributed by atoms with Gasteiger partial charge in [0, 0.05) is 19.6 Å². The van der Waals surface area contributed by atoms with Gasteiger partial charge < -0.3 is 20.3 Å². The lowest BCUT2D eigenvalue weighted by Gasteiger charge is -2.14. The largest absolute Gasteiger partial charge is 0.492 e. The van der Waals surface area contributed by atoms with E-state index in [0.29, 0.717) is 12.5 Å². The number of aliphatic imine (C=N–C) groups is 1. The van der Waals surface area contributed by atoms with Gasteiger partial charge in [-0.2, -0.15) is 0 Å². The first-order valence-electron chi connectivity index (χ1n) is 8.74. The molecule has 1 heterocycles. The van der Waals surface area contributed by atoms with Gasteiger partial charge in [-0.15, -0.1) is 0 Å². The van der Waals surface area contributed by atoms with Crippen LogP contribution in [0.4, 0.5) is 0 Å². The summed E-state index contributed by atoms with van der Waals surface area (Å²) in [7, 11) is 0. The molecule has 1 aliphatic rings. The maximum atomic E-state index is 5.69. The maximum absolute atomic E-state index is 5.69. The third kappa shape index (κ3) is 6.48. The number of benzene rings is 1. The minimum absolute atomic E-state index is 0.626. The predicted molar refractivity (Wildman–Crippen MR) is 96.1 cm³/mol. The zero-order chi connectivity index (χ0) is 16.3. The van der Waals surface area contributed by atoms with Crippen LogP contribution in [0.5, 0.6) is 5.75 Å². The Morgan fingerprint density at radius 1 is 1.26 bits per heavy atom. The van der Waals surface area contributed by atoms with Crippen molar-refractivity contribution >= 4 is 5.96 Å². The van der Waals surface area contributed by atoms with Crippen LogP contribution in [-0.4, -0.2) is 56.7 Å². The van der Waals surface area contributed by atoms with Crippen LogP contribution < -0.4 is 15.4 Å². The van der Waals surface area contributed by atoms with E-state index in [0.717, 1.165) is 37.9 Å². The average Bonchev–Trinajstić information content (AvgIpc) is 3.05. The van der Waals surface area contributed by atoms with Crippen LogP contribution in [0.2, 0.25) is 0 Å². The van der Waals surface area contributed by atoms with Gasteiger partial charge in [0.25, 0.3) is 0 Å². The summed E-state index contributed by atoms with van der Waals surface area (Å²) in [5.41, 5.74) is 0. The molecule has 0 amide bonds. The van der Waals surface area contributed by atoms with Crippen LogP contribution in [0.25, 0.3) is 0 Å². The van der Waals surface area contributed by atoms with Crippen molar-refractivity contribution in [3.05, 3.63) is 30.3 Å². The Hall–Kier alpha value is -1.75. The molecule has 2 N–H and O–H groups in total. The summed E-state index contributed by atoms with van der Waals surface area (Å²) in [5.74, 6) is 2.48. The highest BCUT2D eigenvalue weighted by molar-refractivity contribution is 5.79. The second kappa shape index (κ2) is 10.1. The first-order valence-corrected chi connectivity index (χ1v) is 8.74. The number of para-hydroxylation sites is 1. The smallest absolute Gasteiger partial charge is 0.191 e. The predicted octanol–water partition coefficient (Wildman–Crippen LogP) is 1.96. The highest BCUT2D eigenvalue weighted by atomic mass is 16.5. The van der Waals surface area contributed by atoms with Crippen molar-refractivity contribution in [2.24, 2.45) is 10.9 Å². The van der Waals surface area contributed by atoms with Crippen LogP contribution >= 0.6 is 0 Å². The summed E-state index contributed by atoms with van der Waals surface area (Å²) in [6.07, 6.45) is 1.26. The van der Waals surface area contributed by atoms with Gasteiger partial charge in [-0.3, -0.25) is 4.99 Å². The van der Waals surface area contributed by atoms with Gasteiger partial charge >= 0.3 is 0 Å². The number of hydrogen-bond donors (Lipinski definition) is 2. The van der Waals surface area contributed by atoms with E-state index >= 15 is 0 Å². The standard InChI is InChI=1S/C18H30N4O/c1-3-19-18(21-14-16-10-12-22(4-2)15-16)20-11-13-23-17-8-6-5-7-9-17/h5-9,16H,3-4,10-15H2,1-2H3,(H2,19,20,21). The van der Waals surface area contributed by atoms with Crippen LogP contribution in [0.15, 0.2) is 35.3 Å². The maximum Gasteiger partial charge on any atom is 0.191 e. The molecule has 1 saturated heterocycles. The summed E-state index contributed by atoms with van der Waals surface area (Å²) in [5, 5.41) is 6.64. The quantitative estimate of drug-likeness (QED) is 0.437. The second-order valence-electron chi connectivity index (χ2n) is 5.86. The summed E-state index contributed by atoms with van der Waals surface area (Å²) in [4.78, 5) is 7.22. The lowest BCUT2D eigenvalue weighted by atomic mass is 10.1. The fourth-order valence-corrected chi connectivity index (χ4v) is 2.77. The van der Waals surface area contributed by atoms with Crippen molar-refractivity contribution in [2.75, 3.05) is 45.9 Å². The van der Waals surface area contributed by atoms with Gasteiger partial charge in [-0.1, -0.05) is 25.1 Å². The normalized spacial score (nSPS) is 18.9. The fraction of sp³-hybridized carbons (Fsp3) is 0.611. The zero-order valence-electron chi connectivity index (χ0n) is 14.4. The van der Waals surface area contributed by atoms with E-state index in [1.807, 2.05) is 30.3 Å². The summed E-state index contributed by atoms with van der Waals surface area (Å²) >= 11 is 0. The molecule has 1 atom stereocenters. The molecular weight excluding hydrogens is 288 g/mol. The van der Waals surface area contributed by atoms with E-state index in [2.05, 4.69) is 29.4 Å². The van der Waals surface area contributed by atoms with Crippen LogP contribution in [0.1, 0.15) is 20.3 Å². The molecule has 1 fully saturated rings. The van der Waals surface area contributed by atoms with Gasteiger partial charge in [-0.25, -0.2) is 0 Å². The molecule has 0 spiro atoms.